The molecule has 6 nitrogen and oxygen atoms in total. The Labute approximate surface area is 176 Å². The molecule has 148 valence electrons. The zero-order chi connectivity index (χ0) is 20.7. The molecule has 1 fully saturated rings. The lowest BCUT2D eigenvalue weighted by Gasteiger charge is -2.16. The van der Waals surface area contributed by atoms with Crippen LogP contribution in [0, 0.1) is 17.3 Å². The van der Waals surface area contributed by atoms with Crippen LogP contribution in [0.2, 0.25) is 0 Å². The van der Waals surface area contributed by atoms with E-state index >= 15 is 0 Å². The zero-order valence-corrected chi connectivity index (χ0v) is 16.5. The fourth-order valence-corrected chi connectivity index (χ4v) is 4.49. The van der Waals surface area contributed by atoms with Crippen molar-refractivity contribution in [1.82, 2.24) is 15.2 Å². The molecule has 0 spiro atoms. The number of hydrogen-bond acceptors (Lipinski definition) is 6. The van der Waals surface area contributed by atoms with Gasteiger partial charge in [0.05, 0.1) is 18.0 Å². The molecule has 5 rings (SSSR count). The summed E-state index contributed by atoms with van der Waals surface area (Å²) in [5.41, 5.74) is 3.09. The van der Waals surface area contributed by atoms with Crippen LogP contribution in [0.15, 0.2) is 66.4 Å². The first kappa shape index (κ1) is 18.3. The summed E-state index contributed by atoms with van der Waals surface area (Å²) in [6.07, 6.45) is 5.79. The van der Waals surface area contributed by atoms with Crippen molar-refractivity contribution in [3.8, 4) is 16.6 Å². The number of carbonyl (C=O) groups excluding carboxylic acids is 1. The molecule has 1 aliphatic carbocycles. The lowest BCUT2D eigenvalue weighted by Crippen LogP contribution is -2.42. The van der Waals surface area contributed by atoms with Gasteiger partial charge in [0, 0.05) is 23.1 Å². The number of benzene rings is 2. The summed E-state index contributed by atoms with van der Waals surface area (Å²) in [6, 6.07) is 13.8. The van der Waals surface area contributed by atoms with Crippen LogP contribution in [0.1, 0.15) is 9.80 Å². The highest BCUT2D eigenvalue weighted by Gasteiger charge is 2.52. The van der Waals surface area contributed by atoms with Gasteiger partial charge in [-0.2, -0.15) is 5.26 Å². The Morgan fingerprint density at radius 1 is 1.23 bits per heavy atom. The molecule has 1 amide bonds. The molecule has 1 aromatic heterocycles. The second kappa shape index (κ2) is 6.97. The molecule has 0 bridgehead atoms. The first-order chi connectivity index (χ1) is 14.6. The van der Waals surface area contributed by atoms with E-state index in [0.29, 0.717) is 18.1 Å². The quantitative estimate of drug-likeness (QED) is 0.486. The number of fused-ring (bicyclic) bond motifs is 1. The third-order valence-electron chi connectivity index (χ3n) is 5.21. The third kappa shape index (κ3) is 3.29. The van der Waals surface area contributed by atoms with Gasteiger partial charge in [0.1, 0.15) is 11.4 Å². The van der Waals surface area contributed by atoms with Crippen LogP contribution in [0.3, 0.4) is 0 Å². The van der Waals surface area contributed by atoms with Gasteiger partial charge in [0.15, 0.2) is 11.2 Å². The fourth-order valence-electron chi connectivity index (χ4n) is 3.64. The van der Waals surface area contributed by atoms with E-state index in [2.05, 4.69) is 21.8 Å². The number of aromatic nitrogens is 1. The molecule has 2 heterocycles. The van der Waals surface area contributed by atoms with Crippen LogP contribution >= 0.6 is 11.3 Å². The molecule has 2 aliphatic rings. The standard InChI is InChI=1S/C22H16FN5OS/c23-15-5-7-16(8-6-15)26-18-4-2-1-3-17(18)19-10-25-21(30-19)20(29)27-22-9-14(22)11-28(12-22)13-24/h1-10,26H,11-12H2,(H,27,29)/t22-/m0/s1. The minimum atomic E-state index is -0.485. The van der Waals surface area contributed by atoms with Crippen LogP contribution in [0.5, 0.6) is 0 Å². The Hall–Kier alpha value is -3.70. The Kier molecular flexibility index (Phi) is 4.26. The first-order valence-electron chi connectivity index (χ1n) is 9.33. The molecule has 0 saturated carbocycles. The van der Waals surface area contributed by atoms with Crippen LogP contribution in [-0.2, 0) is 0 Å². The van der Waals surface area contributed by atoms with Gasteiger partial charge < -0.3 is 15.5 Å². The van der Waals surface area contributed by atoms with Crippen molar-refractivity contribution >= 4 is 28.6 Å². The summed E-state index contributed by atoms with van der Waals surface area (Å²) < 4.78 is 13.2. The van der Waals surface area contributed by atoms with Gasteiger partial charge in [-0.15, -0.1) is 11.3 Å². The number of carbonyl (C=O) groups is 1. The normalized spacial score (nSPS) is 18.9. The number of hydrogen-bond donors (Lipinski definition) is 2. The van der Waals surface area contributed by atoms with E-state index in [4.69, 9.17) is 5.26 Å². The van der Waals surface area contributed by atoms with Gasteiger partial charge in [-0.3, -0.25) is 4.79 Å². The van der Waals surface area contributed by atoms with Gasteiger partial charge in [-0.05, 0) is 42.0 Å². The van der Waals surface area contributed by atoms with Gasteiger partial charge in [0.2, 0.25) is 0 Å². The van der Waals surface area contributed by atoms with Crippen LogP contribution in [-0.4, -0.2) is 34.4 Å². The number of para-hydroxylation sites is 1. The number of likely N-dealkylation sites (tertiary alicyclic amines) is 1. The second-order valence-electron chi connectivity index (χ2n) is 7.26. The SMILES string of the molecule is N#CN1CC2=C[C@]2(NC(=O)c2ncc(-c3ccccc3Nc3ccc(F)cc3)s2)C1. The largest absolute Gasteiger partial charge is 0.355 e. The number of nitrogens with one attached hydrogen (secondary N) is 2. The van der Waals surface area contributed by atoms with Gasteiger partial charge >= 0.3 is 0 Å². The minimum Gasteiger partial charge on any atom is -0.355 e. The number of amides is 1. The highest BCUT2D eigenvalue weighted by molar-refractivity contribution is 7.17. The summed E-state index contributed by atoms with van der Waals surface area (Å²) >= 11 is 1.30. The molecule has 30 heavy (non-hydrogen) atoms. The number of rotatable bonds is 5. The lowest BCUT2D eigenvalue weighted by atomic mass is 10.1. The number of anilines is 2. The van der Waals surface area contributed by atoms with E-state index in [1.54, 1.807) is 23.2 Å². The molecule has 1 aliphatic heterocycles. The lowest BCUT2D eigenvalue weighted by molar-refractivity contribution is 0.0935. The van der Waals surface area contributed by atoms with E-state index < -0.39 is 5.54 Å². The van der Waals surface area contributed by atoms with Gasteiger partial charge in [0.25, 0.3) is 5.91 Å². The molecule has 0 radical (unpaired) electrons. The molecule has 8 heteroatoms. The average molecular weight is 417 g/mol. The molecule has 0 unspecified atom stereocenters. The maximum Gasteiger partial charge on any atom is 0.281 e. The third-order valence-corrected chi connectivity index (χ3v) is 6.23. The van der Waals surface area contributed by atoms with Crippen molar-refractivity contribution in [3.63, 3.8) is 0 Å². The Morgan fingerprint density at radius 3 is 2.80 bits per heavy atom. The first-order valence-corrected chi connectivity index (χ1v) is 10.2. The molecule has 2 aromatic carbocycles. The predicted molar refractivity (Wildman–Crippen MR) is 113 cm³/mol. The van der Waals surface area contributed by atoms with Crippen LogP contribution < -0.4 is 10.6 Å². The number of nitriles is 1. The fraction of sp³-hybridized carbons (Fsp3) is 0.136. The van der Waals surface area contributed by atoms with E-state index in [0.717, 1.165) is 27.4 Å². The summed E-state index contributed by atoms with van der Waals surface area (Å²) in [5, 5.41) is 15.7. The topological polar surface area (TPSA) is 81.1 Å². The Bertz CT molecular complexity index is 1210. The second-order valence-corrected chi connectivity index (χ2v) is 8.29. The molecule has 3 aromatic rings. The van der Waals surface area contributed by atoms with E-state index in [-0.39, 0.29) is 11.7 Å². The van der Waals surface area contributed by atoms with Crippen molar-refractivity contribution in [2.45, 2.75) is 5.54 Å². The minimum absolute atomic E-state index is 0.249. The average Bonchev–Trinajstić information content (AvgIpc) is 3.10. The van der Waals surface area contributed by atoms with Crippen molar-refractivity contribution in [3.05, 3.63) is 77.2 Å². The summed E-state index contributed by atoms with van der Waals surface area (Å²) in [5.74, 6) is -0.541. The monoisotopic (exact) mass is 417 g/mol. The van der Waals surface area contributed by atoms with Crippen LogP contribution in [0.25, 0.3) is 10.4 Å². The van der Waals surface area contributed by atoms with Crippen molar-refractivity contribution in [1.29, 1.82) is 5.26 Å². The van der Waals surface area contributed by atoms with Gasteiger partial charge in [-0.1, -0.05) is 18.2 Å². The summed E-state index contributed by atoms with van der Waals surface area (Å²) in [6.45, 7) is 1.05. The highest BCUT2D eigenvalue weighted by Crippen LogP contribution is 2.41. The molecular weight excluding hydrogens is 401 g/mol. The molecule has 1 atom stereocenters. The number of thiazole rings is 1. The van der Waals surface area contributed by atoms with Crippen molar-refractivity contribution in [2.24, 2.45) is 0 Å². The maximum atomic E-state index is 13.2. The van der Waals surface area contributed by atoms with E-state index in [1.165, 1.54) is 23.5 Å². The number of nitrogens with zero attached hydrogens (tertiary/aromatic N) is 3. The van der Waals surface area contributed by atoms with Gasteiger partial charge in [-0.25, -0.2) is 9.37 Å². The van der Waals surface area contributed by atoms with Crippen LogP contribution in [0.4, 0.5) is 15.8 Å². The Balaban J connectivity index is 1.34. The molecule has 2 N–H and O–H groups in total. The summed E-state index contributed by atoms with van der Waals surface area (Å²) in [7, 11) is 0. The number of halogens is 1. The summed E-state index contributed by atoms with van der Waals surface area (Å²) in [4.78, 5) is 19.5. The smallest absolute Gasteiger partial charge is 0.281 e. The highest BCUT2D eigenvalue weighted by atomic mass is 32.1. The molecule has 1 saturated heterocycles. The maximum absolute atomic E-state index is 13.2. The van der Waals surface area contributed by atoms with Crippen molar-refractivity contribution in [2.75, 3.05) is 18.4 Å². The van der Waals surface area contributed by atoms with E-state index in [1.807, 2.05) is 30.3 Å². The predicted octanol–water partition coefficient (Wildman–Crippen LogP) is 3.90. The van der Waals surface area contributed by atoms with Crippen molar-refractivity contribution < 1.29 is 9.18 Å². The van der Waals surface area contributed by atoms with E-state index in [9.17, 15) is 9.18 Å². The zero-order valence-electron chi connectivity index (χ0n) is 15.7. The molecular formula is C22H16FN5OS. The Morgan fingerprint density at radius 2 is 2.03 bits per heavy atom.